The van der Waals surface area contributed by atoms with E-state index in [1.165, 1.54) is 12.1 Å². The van der Waals surface area contributed by atoms with Crippen LogP contribution in [0.5, 0.6) is 0 Å². The van der Waals surface area contributed by atoms with Crippen LogP contribution >= 0.6 is 0 Å². The maximum absolute atomic E-state index is 13.7. The van der Waals surface area contributed by atoms with Crippen molar-refractivity contribution in [2.45, 2.75) is 31.9 Å². The molecule has 0 aliphatic rings. The Morgan fingerprint density at radius 1 is 0.946 bits per heavy atom. The van der Waals surface area contributed by atoms with Gasteiger partial charge < -0.3 is 15.4 Å². The number of hydrogen-bond acceptors (Lipinski definition) is 4. The van der Waals surface area contributed by atoms with Crippen LogP contribution in [-0.4, -0.2) is 23.6 Å². The molecule has 0 aliphatic carbocycles. The first-order chi connectivity index (χ1) is 17.4. The topological polar surface area (TPSA) is 80.3 Å². The summed E-state index contributed by atoms with van der Waals surface area (Å²) in [5, 5.41) is 4.83. The standard InChI is InChI=1S/C25H21F6N3O3/c1-2-37-22(35)17-6-3-5-15(13-17)14-33-23(36)34-20(16-8-10-18(11-9-16)24(26,27)28)21-19(25(29,30)31)7-4-12-32-21/h3-13,20H,2,14H2,1H3,(H2,33,34,36)/t20-/m0/s1. The molecule has 2 amide bonds. The first-order valence-corrected chi connectivity index (χ1v) is 10.9. The molecule has 0 fully saturated rings. The molecule has 0 saturated carbocycles. The van der Waals surface area contributed by atoms with Crippen LogP contribution in [0.25, 0.3) is 0 Å². The Kier molecular flexibility index (Phi) is 8.41. The number of urea groups is 1. The number of ether oxygens (including phenoxy) is 1. The fraction of sp³-hybridized carbons (Fsp3) is 0.240. The lowest BCUT2D eigenvalue weighted by atomic mass is 9.98. The van der Waals surface area contributed by atoms with Crippen molar-refractivity contribution in [2.75, 3.05) is 6.61 Å². The highest BCUT2D eigenvalue weighted by atomic mass is 19.4. The second-order valence-corrected chi connectivity index (χ2v) is 7.73. The largest absolute Gasteiger partial charge is 0.462 e. The van der Waals surface area contributed by atoms with Crippen LogP contribution in [0.4, 0.5) is 31.1 Å². The number of hydrogen-bond donors (Lipinski definition) is 2. The zero-order valence-corrected chi connectivity index (χ0v) is 19.3. The van der Waals surface area contributed by atoms with E-state index in [0.29, 0.717) is 17.7 Å². The number of halogens is 6. The Bertz CT molecular complexity index is 1240. The molecule has 1 atom stereocenters. The highest BCUT2D eigenvalue weighted by molar-refractivity contribution is 5.89. The first kappa shape index (κ1) is 27.5. The van der Waals surface area contributed by atoms with Crippen molar-refractivity contribution in [1.29, 1.82) is 0 Å². The molecule has 6 nitrogen and oxygen atoms in total. The molecule has 12 heteroatoms. The second-order valence-electron chi connectivity index (χ2n) is 7.73. The van der Waals surface area contributed by atoms with Crippen molar-refractivity contribution in [3.63, 3.8) is 0 Å². The molecule has 0 bridgehead atoms. The second kappa shape index (κ2) is 11.3. The minimum Gasteiger partial charge on any atom is -0.462 e. The third-order valence-corrected chi connectivity index (χ3v) is 5.16. The molecular weight excluding hydrogens is 504 g/mol. The summed E-state index contributed by atoms with van der Waals surface area (Å²) in [5.41, 5.74) is -2.04. The van der Waals surface area contributed by atoms with Crippen molar-refractivity contribution >= 4 is 12.0 Å². The van der Waals surface area contributed by atoms with Gasteiger partial charge in [0.05, 0.1) is 35.0 Å². The predicted octanol–water partition coefficient (Wildman–Crippen LogP) is 5.88. The quantitative estimate of drug-likeness (QED) is 0.298. The Morgan fingerprint density at radius 3 is 2.27 bits per heavy atom. The zero-order valence-electron chi connectivity index (χ0n) is 19.3. The lowest BCUT2D eigenvalue weighted by Gasteiger charge is -2.23. The molecular formula is C25H21F6N3O3. The van der Waals surface area contributed by atoms with Gasteiger partial charge in [0.2, 0.25) is 0 Å². The predicted molar refractivity (Wildman–Crippen MR) is 120 cm³/mol. The molecule has 3 aromatic rings. The van der Waals surface area contributed by atoms with Crippen molar-refractivity contribution < 1.29 is 40.7 Å². The molecule has 37 heavy (non-hydrogen) atoms. The summed E-state index contributed by atoms with van der Waals surface area (Å²) >= 11 is 0. The van der Waals surface area contributed by atoms with Gasteiger partial charge in [-0.15, -0.1) is 0 Å². The van der Waals surface area contributed by atoms with E-state index in [0.717, 1.165) is 30.5 Å². The minimum atomic E-state index is -4.83. The van der Waals surface area contributed by atoms with Gasteiger partial charge in [0.1, 0.15) is 0 Å². The number of amides is 2. The van der Waals surface area contributed by atoms with E-state index in [9.17, 15) is 35.9 Å². The van der Waals surface area contributed by atoms with Gasteiger partial charge in [-0.3, -0.25) is 4.98 Å². The zero-order chi connectivity index (χ0) is 27.2. The molecule has 0 aliphatic heterocycles. The minimum absolute atomic E-state index is 0.0448. The van der Waals surface area contributed by atoms with Gasteiger partial charge in [-0.2, -0.15) is 26.3 Å². The number of nitrogens with one attached hydrogen (secondary N) is 2. The maximum atomic E-state index is 13.7. The van der Waals surface area contributed by atoms with E-state index in [-0.39, 0.29) is 24.3 Å². The summed E-state index contributed by atoms with van der Waals surface area (Å²) < 4.78 is 84.8. The van der Waals surface area contributed by atoms with Crippen molar-refractivity contribution in [1.82, 2.24) is 15.6 Å². The number of benzene rings is 2. The summed E-state index contributed by atoms with van der Waals surface area (Å²) in [6.45, 7) is 1.71. The molecule has 0 radical (unpaired) electrons. The van der Waals surface area contributed by atoms with Gasteiger partial charge >= 0.3 is 24.4 Å². The van der Waals surface area contributed by atoms with Crippen LogP contribution in [0.2, 0.25) is 0 Å². The Labute approximate surface area is 207 Å². The highest BCUT2D eigenvalue weighted by Gasteiger charge is 2.37. The lowest BCUT2D eigenvalue weighted by Crippen LogP contribution is -2.39. The molecule has 3 rings (SSSR count). The van der Waals surface area contributed by atoms with Gasteiger partial charge in [-0.25, -0.2) is 9.59 Å². The highest BCUT2D eigenvalue weighted by Crippen LogP contribution is 2.36. The fourth-order valence-electron chi connectivity index (χ4n) is 3.45. The van der Waals surface area contributed by atoms with Crippen molar-refractivity contribution in [2.24, 2.45) is 0 Å². The van der Waals surface area contributed by atoms with Gasteiger partial charge in [-0.05, 0) is 54.4 Å². The number of carbonyl (C=O) groups is 2. The van der Waals surface area contributed by atoms with Crippen molar-refractivity contribution in [3.05, 3.63) is 100 Å². The average molecular weight is 525 g/mol. The number of carbonyl (C=O) groups excluding carboxylic acids is 2. The number of rotatable bonds is 7. The van der Waals surface area contributed by atoms with E-state index in [2.05, 4.69) is 15.6 Å². The smallest absolute Gasteiger partial charge is 0.418 e. The molecule has 0 saturated heterocycles. The number of alkyl halides is 6. The monoisotopic (exact) mass is 525 g/mol. The fourth-order valence-corrected chi connectivity index (χ4v) is 3.45. The number of nitrogens with zero attached hydrogens (tertiary/aromatic N) is 1. The van der Waals surface area contributed by atoms with Gasteiger partial charge in [0, 0.05) is 12.7 Å². The van der Waals surface area contributed by atoms with Crippen LogP contribution in [0, 0.1) is 0 Å². The van der Waals surface area contributed by atoms with Gasteiger partial charge in [-0.1, -0.05) is 24.3 Å². The summed E-state index contributed by atoms with van der Waals surface area (Å²) in [6.07, 6.45) is -8.40. The summed E-state index contributed by atoms with van der Waals surface area (Å²) in [6, 6.07) is 8.93. The van der Waals surface area contributed by atoms with Crippen LogP contribution in [0.3, 0.4) is 0 Å². The maximum Gasteiger partial charge on any atom is 0.418 e. The SMILES string of the molecule is CCOC(=O)c1cccc(CNC(=O)N[C@@H](c2ccc(C(F)(F)F)cc2)c2ncccc2C(F)(F)F)c1. The number of aromatic nitrogens is 1. The average Bonchev–Trinajstić information content (AvgIpc) is 2.85. The molecule has 2 N–H and O–H groups in total. The summed E-state index contributed by atoms with van der Waals surface area (Å²) in [7, 11) is 0. The summed E-state index contributed by atoms with van der Waals surface area (Å²) in [5.74, 6) is -0.564. The van der Waals surface area contributed by atoms with E-state index >= 15 is 0 Å². The first-order valence-electron chi connectivity index (χ1n) is 10.9. The van der Waals surface area contributed by atoms with Crippen molar-refractivity contribution in [3.8, 4) is 0 Å². The third kappa shape index (κ3) is 7.21. The third-order valence-electron chi connectivity index (χ3n) is 5.16. The number of esters is 1. The van der Waals surface area contributed by atoms with Crippen LogP contribution < -0.4 is 10.6 Å². The van der Waals surface area contributed by atoms with Gasteiger partial charge in [0.15, 0.2) is 0 Å². The molecule has 196 valence electrons. The molecule has 1 aromatic heterocycles. The van der Waals surface area contributed by atoms with E-state index in [1.807, 2.05) is 0 Å². The Hall–Kier alpha value is -4.09. The lowest BCUT2D eigenvalue weighted by molar-refractivity contribution is -0.139. The molecule has 0 unspecified atom stereocenters. The van der Waals surface area contributed by atoms with Crippen LogP contribution in [-0.2, 0) is 23.6 Å². The molecule has 0 spiro atoms. The normalized spacial score (nSPS) is 12.5. The van der Waals surface area contributed by atoms with Crippen LogP contribution in [0.15, 0.2) is 66.9 Å². The Morgan fingerprint density at radius 2 is 1.65 bits per heavy atom. The van der Waals surface area contributed by atoms with Gasteiger partial charge in [0.25, 0.3) is 0 Å². The van der Waals surface area contributed by atoms with E-state index in [4.69, 9.17) is 4.74 Å². The summed E-state index contributed by atoms with van der Waals surface area (Å²) in [4.78, 5) is 28.4. The molecule has 1 heterocycles. The van der Waals surface area contributed by atoms with E-state index < -0.39 is 47.2 Å². The van der Waals surface area contributed by atoms with Crippen LogP contribution in [0.1, 0.15) is 51.3 Å². The number of pyridine rings is 1. The van der Waals surface area contributed by atoms with E-state index in [1.54, 1.807) is 19.1 Å². The molecule has 2 aromatic carbocycles. The Balaban J connectivity index is 1.86.